The number of benzene rings is 6. The van der Waals surface area contributed by atoms with Gasteiger partial charge in [-0.25, -0.2) is 0 Å². The summed E-state index contributed by atoms with van der Waals surface area (Å²) in [6.45, 7) is 0. The van der Waals surface area contributed by atoms with Gasteiger partial charge in [-0.05, 0) is 94.0 Å². The molecule has 4 heteroatoms. The van der Waals surface area contributed by atoms with Gasteiger partial charge in [0.15, 0.2) is 0 Å². The molecule has 0 radical (unpaired) electrons. The van der Waals surface area contributed by atoms with Crippen LogP contribution in [0.2, 0.25) is 0 Å². The van der Waals surface area contributed by atoms with Gasteiger partial charge in [-0.15, -0.1) is 22.7 Å². The maximum Gasteiger partial charge on any atom is 0.0998 e. The number of nitriles is 2. The van der Waals surface area contributed by atoms with Crippen LogP contribution in [0.15, 0.2) is 121 Å². The van der Waals surface area contributed by atoms with Crippen LogP contribution in [0.4, 0.5) is 0 Å². The Bertz CT molecular complexity index is 2450. The highest BCUT2D eigenvalue weighted by atomic mass is 32.1. The largest absolute Gasteiger partial charge is 0.192 e. The van der Waals surface area contributed by atoms with Gasteiger partial charge < -0.3 is 0 Å². The predicted octanol–water partition coefficient (Wildman–Crippen LogP) is 11.2. The van der Waals surface area contributed by atoms with Crippen LogP contribution in [0.1, 0.15) is 11.1 Å². The second-order valence-corrected chi connectivity index (χ2v) is 12.5. The Morgan fingerprint density at radius 1 is 0.405 bits per heavy atom. The highest BCUT2D eigenvalue weighted by Gasteiger charge is 2.15. The molecular weight excluding hydrogens is 549 g/mol. The van der Waals surface area contributed by atoms with Gasteiger partial charge in [0, 0.05) is 40.3 Å². The molecule has 0 aliphatic rings. The molecule has 0 unspecified atom stereocenters. The zero-order valence-corrected chi connectivity index (χ0v) is 23.9. The van der Waals surface area contributed by atoms with Gasteiger partial charge in [0.1, 0.15) is 0 Å². The molecular formula is C38H20N2S2. The summed E-state index contributed by atoms with van der Waals surface area (Å²) in [4.78, 5) is 0. The monoisotopic (exact) mass is 568 g/mol. The van der Waals surface area contributed by atoms with Gasteiger partial charge >= 0.3 is 0 Å². The standard InChI is InChI=1S/C38H20N2S2/c39-21-23-9-14-36-32(17-23)34-19-25(11-15-38(34)42-36)29-13-10-24(28-6-2-1-5-27(28)22-40)18-31(29)26-12-16-37-33(20-26)30-7-3-4-8-35(30)41-37/h1-20H. The number of rotatable bonds is 3. The van der Waals surface area contributed by atoms with Gasteiger partial charge in [0.25, 0.3) is 0 Å². The van der Waals surface area contributed by atoms with E-state index in [9.17, 15) is 10.5 Å². The van der Waals surface area contributed by atoms with E-state index in [2.05, 4.69) is 91.0 Å². The fraction of sp³-hybridized carbons (Fsp3) is 0. The van der Waals surface area contributed by atoms with Crippen molar-refractivity contribution < 1.29 is 0 Å². The van der Waals surface area contributed by atoms with Gasteiger partial charge in [-0.1, -0.05) is 60.7 Å². The van der Waals surface area contributed by atoms with Crippen molar-refractivity contribution in [2.45, 2.75) is 0 Å². The highest BCUT2D eigenvalue weighted by molar-refractivity contribution is 7.26. The number of nitrogens with zero attached hydrogens (tertiary/aromatic N) is 2. The average Bonchev–Trinajstić information content (AvgIpc) is 3.61. The Labute approximate surface area is 250 Å². The maximum atomic E-state index is 9.83. The third-order valence-electron chi connectivity index (χ3n) is 7.98. The van der Waals surface area contributed by atoms with E-state index >= 15 is 0 Å². The summed E-state index contributed by atoms with van der Waals surface area (Å²) in [6, 6.07) is 46.9. The zero-order valence-electron chi connectivity index (χ0n) is 22.3. The van der Waals surface area contributed by atoms with Crippen LogP contribution < -0.4 is 0 Å². The molecule has 42 heavy (non-hydrogen) atoms. The van der Waals surface area contributed by atoms with Crippen molar-refractivity contribution in [1.82, 2.24) is 0 Å². The molecule has 0 saturated carbocycles. The van der Waals surface area contributed by atoms with E-state index < -0.39 is 0 Å². The van der Waals surface area contributed by atoms with Crippen LogP contribution >= 0.6 is 22.7 Å². The molecule has 2 nitrogen and oxygen atoms in total. The molecule has 0 fully saturated rings. The third-order valence-corrected chi connectivity index (χ3v) is 10.3. The van der Waals surface area contributed by atoms with Crippen molar-refractivity contribution in [1.29, 1.82) is 10.5 Å². The zero-order chi connectivity index (χ0) is 28.2. The van der Waals surface area contributed by atoms with Crippen molar-refractivity contribution in [3.05, 3.63) is 132 Å². The predicted molar refractivity (Wildman–Crippen MR) is 178 cm³/mol. The van der Waals surface area contributed by atoms with E-state index in [1.165, 1.54) is 29.6 Å². The third kappa shape index (κ3) is 3.90. The Morgan fingerprint density at radius 3 is 1.74 bits per heavy atom. The number of hydrogen-bond donors (Lipinski definition) is 0. The van der Waals surface area contributed by atoms with E-state index in [4.69, 9.17) is 0 Å². The van der Waals surface area contributed by atoms with Crippen LogP contribution in [0.3, 0.4) is 0 Å². The van der Waals surface area contributed by atoms with E-state index in [1.54, 1.807) is 11.3 Å². The lowest BCUT2D eigenvalue weighted by molar-refractivity contribution is 1.48. The van der Waals surface area contributed by atoms with Crippen molar-refractivity contribution in [3.8, 4) is 45.5 Å². The molecule has 8 rings (SSSR count). The van der Waals surface area contributed by atoms with E-state index in [0.717, 1.165) is 44.2 Å². The van der Waals surface area contributed by atoms with Crippen molar-refractivity contribution >= 4 is 63.0 Å². The van der Waals surface area contributed by atoms with Crippen molar-refractivity contribution in [2.24, 2.45) is 0 Å². The smallest absolute Gasteiger partial charge is 0.0998 e. The first-order valence-corrected chi connectivity index (χ1v) is 15.3. The summed E-state index contributed by atoms with van der Waals surface area (Å²) in [5, 5.41) is 24.1. The molecule has 0 aliphatic carbocycles. The molecule has 0 aliphatic heterocycles. The highest BCUT2D eigenvalue weighted by Crippen LogP contribution is 2.43. The SMILES string of the molecule is N#Cc1ccc2sc3ccc(-c4ccc(-c5ccccc5C#N)cc4-c4ccc5sc6ccccc6c5c4)cc3c2c1. The van der Waals surface area contributed by atoms with E-state index in [1.807, 2.05) is 53.8 Å². The molecule has 2 heterocycles. The van der Waals surface area contributed by atoms with Gasteiger partial charge in [-0.3, -0.25) is 0 Å². The fourth-order valence-electron chi connectivity index (χ4n) is 5.94. The van der Waals surface area contributed by atoms with Crippen LogP contribution in [0, 0.1) is 22.7 Å². The second kappa shape index (κ2) is 9.68. The summed E-state index contributed by atoms with van der Waals surface area (Å²) >= 11 is 3.57. The number of fused-ring (bicyclic) bond motifs is 6. The minimum absolute atomic E-state index is 0.662. The molecule has 0 amide bonds. The normalized spacial score (nSPS) is 11.3. The lowest BCUT2D eigenvalue weighted by Crippen LogP contribution is -1.90. The van der Waals surface area contributed by atoms with Crippen LogP contribution in [0.5, 0.6) is 0 Å². The van der Waals surface area contributed by atoms with Crippen LogP contribution in [-0.4, -0.2) is 0 Å². The van der Waals surface area contributed by atoms with E-state index in [0.29, 0.717) is 11.1 Å². The van der Waals surface area contributed by atoms with Crippen molar-refractivity contribution in [2.75, 3.05) is 0 Å². The van der Waals surface area contributed by atoms with Crippen molar-refractivity contribution in [3.63, 3.8) is 0 Å². The molecule has 0 bridgehead atoms. The maximum absolute atomic E-state index is 9.83. The lowest BCUT2D eigenvalue weighted by atomic mass is 9.89. The van der Waals surface area contributed by atoms with Gasteiger partial charge in [-0.2, -0.15) is 10.5 Å². The summed E-state index contributed by atoms with van der Waals surface area (Å²) in [5.74, 6) is 0. The molecule has 194 valence electrons. The molecule has 0 N–H and O–H groups in total. The molecule has 0 atom stereocenters. The summed E-state index contributed by atoms with van der Waals surface area (Å²) in [6.07, 6.45) is 0. The molecule has 8 aromatic rings. The van der Waals surface area contributed by atoms with Crippen LogP contribution in [-0.2, 0) is 0 Å². The van der Waals surface area contributed by atoms with Gasteiger partial charge in [0.05, 0.1) is 23.3 Å². The Kier molecular flexibility index (Phi) is 5.66. The van der Waals surface area contributed by atoms with Crippen LogP contribution in [0.25, 0.3) is 73.7 Å². The minimum atomic E-state index is 0.662. The molecule has 0 spiro atoms. The summed E-state index contributed by atoms with van der Waals surface area (Å²) in [7, 11) is 0. The quantitative estimate of drug-likeness (QED) is 0.213. The Hall–Kier alpha value is -5.26. The first-order chi connectivity index (χ1) is 20.7. The number of thiophene rings is 2. The van der Waals surface area contributed by atoms with Gasteiger partial charge in [0.2, 0.25) is 0 Å². The molecule has 6 aromatic carbocycles. The first kappa shape index (κ1) is 24.5. The second-order valence-electron chi connectivity index (χ2n) is 10.4. The Morgan fingerprint density at radius 2 is 0.976 bits per heavy atom. The number of hydrogen-bond acceptors (Lipinski definition) is 4. The Balaban J connectivity index is 1.39. The fourth-order valence-corrected chi connectivity index (χ4v) is 8.10. The summed E-state index contributed by atoms with van der Waals surface area (Å²) < 4.78 is 4.94. The average molecular weight is 569 g/mol. The molecule has 0 saturated heterocycles. The summed E-state index contributed by atoms with van der Waals surface area (Å²) in [5.41, 5.74) is 7.79. The molecule has 2 aromatic heterocycles. The first-order valence-electron chi connectivity index (χ1n) is 13.6. The topological polar surface area (TPSA) is 47.6 Å². The lowest BCUT2D eigenvalue weighted by Gasteiger charge is -2.14. The minimum Gasteiger partial charge on any atom is -0.192 e. The van der Waals surface area contributed by atoms with E-state index in [-0.39, 0.29) is 0 Å².